The fraction of sp³-hybridized carbons (Fsp3) is 0. The molecule has 2 nitrogen and oxygen atoms in total. The number of rotatable bonds is 2. The SMILES string of the molecule is O=C(Nc1ccc(I)cc1Cl)c1ccc(F)cc1F. The van der Waals surface area contributed by atoms with Crippen molar-refractivity contribution in [2.45, 2.75) is 0 Å². The van der Waals surface area contributed by atoms with Crippen LogP contribution in [-0.2, 0) is 0 Å². The zero-order valence-electron chi connectivity index (χ0n) is 9.38. The number of anilines is 1. The van der Waals surface area contributed by atoms with Crippen molar-refractivity contribution in [2.75, 3.05) is 5.32 Å². The molecule has 0 fully saturated rings. The fourth-order valence-corrected chi connectivity index (χ4v) is 2.36. The van der Waals surface area contributed by atoms with Gasteiger partial charge in [-0.3, -0.25) is 4.79 Å². The molecule has 0 bridgehead atoms. The van der Waals surface area contributed by atoms with Gasteiger partial charge in [0.05, 0.1) is 16.3 Å². The van der Waals surface area contributed by atoms with Crippen molar-refractivity contribution in [1.29, 1.82) is 0 Å². The Hall–Kier alpha value is -1.21. The summed E-state index contributed by atoms with van der Waals surface area (Å²) in [5, 5.41) is 2.83. The monoisotopic (exact) mass is 393 g/mol. The van der Waals surface area contributed by atoms with E-state index in [4.69, 9.17) is 11.6 Å². The molecule has 2 rings (SSSR count). The highest BCUT2D eigenvalue weighted by atomic mass is 127. The van der Waals surface area contributed by atoms with E-state index in [1.165, 1.54) is 0 Å². The van der Waals surface area contributed by atoms with E-state index < -0.39 is 17.5 Å². The van der Waals surface area contributed by atoms with E-state index in [-0.39, 0.29) is 5.56 Å². The van der Waals surface area contributed by atoms with Gasteiger partial charge in [-0.1, -0.05) is 11.6 Å². The molecule has 1 amide bonds. The Balaban J connectivity index is 2.25. The van der Waals surface area contributed by atoms with Crippen LogP contribution in [0.1, 0.15) is 10.4 Å². The third kappa shape index (κ3) is 3.42. The first-order chi connectivity index (χ1) is 8.97. The summed E-state index contributed by atoms with van der Waals surface area (Å²) in [5.41, 5.74) is 0.131. The number of hydrogen-bond donors (Lipinski definition) is 1. The van der Waals surface area contributed by atoms with Gasteiger partial charge < -0.3 is 5.32 Å². The molecule has 0 heterocycles. The van der Waals surface area contributed by atoms with Gasteiger partial charge in [0.25, 0.3) is 5.91 Å². The minimum atomic E-state index is -0.917. The lowest BCUT2D eigenvalue weighted by Gasteiger charge is -2.08. The van der Waals surface area contributed by atoms with Crippen LogP contribution in [0.25, 0.3) is 0 Å². The lowest BCUT2D eigenvalue weighted by Crippen LogP contribution is -2.14. The average molecular weight is 394 g/mol. The van der Waals surface area contributed by atoms with Crippen LogP contribution in [0.5, 0.6) is 0 Å². The maximum atomic E-state index is 13.4. The van der Waals surface area contributed by atoms with Crippen LogP contribution in [0, 0.1) is 15.2 Å². The molecule has 0 aliphatic heterocycles. The second-order valence-corrected chi connectivity index (χ2v) is 5.36. The summed E-state index contributed by atoms with van der Waals surface area (Å²) in [6, 6.07) is 7.80. The number of carbonyl (C=O) groups is 1. The minimum Gasteiger partial charge on any atom is -0.321 e. The summed E-state index contributed by atoms with van der Waals surface area (Å²) in [4.78, 5) is 11.8. The molecule has 0 aromatic heterocycles. The van der Waals surface area contributed by atoms with Crippen LogP contribution >= 0.6 is 34.2 Å². The van der Waals surface area contributed by atoms with Gasteiger partial charge in [0.2, 0.25) is 0 Å². The molecule has 2 aromatic carbocycles. The Bertz CT molecular complexity index is 649. The van der Waals surface area contributed by atoms with E-state index in [1.807, 2.05) is 0 Å². The van der Waals surface area contributed by atoms with E-state index in [1.54, 1.807) is 18.2 Å². The summed E-state index contributed by atoms with van der Waals surface area (Å²) in [6.07, 6.45) is 0. The zero-order chi connectivity index (χ0) is 14.0. The van der Waals surface area contributed by atoms with E-state index in [9.17, 15) is 13.6 Å². The Labute approximate surface area is 126 Å². The maximum Gasteiger partial charge on any atom is 0.258 e. The molecular formula is C13H7ClF2INO. The van der Waals surface area contributed by atoms with Crippen molar-refractivity contribution in [3.63, 3.8) is 0 Å². The average Bonchev–Trinajstić information content (AvgIpc) is 2.32. The molecular weight excluding hydrogens is 387 g/mol. The third-order valence-electron chi connectivity index (χ3n) is 2.36. The van der Waals surface area contributed by atoms with Crippen molar-refractivity contribution in [3.8, 4) is 0 Å². The van der Waals surface area contributed by atoms with Gasteiger partial charge in [0, 0.05) is 9.64 Å². The van der Waals surface area contributed by atoms with Gasteiger partial charge in [-0.25, -0.2) is 8.78 Å². The number of benzene rings is 2. The van der Waals surface area contributed by atoms with E-state index in [0.717, 1.165) is 15.7 Å². The third-order valence-corrected chi connectivity index (χ3v) is 3.34. The molecule has 2 aromatic rings. The van der Waals surface area contributed by atoms with Gasteiger partial charge in [-0.05, 0) is 52.9 Å². The normalized spacial score (nSPS) is 10.3. The molecule has 0 aliphatic carbocycles. The summed E-state index contributed by atoms with van der Waals surface area (Å²) in [5.74, 6) is -2.33. The summed E-state index contributed by atoms with van der Waals surface area (Å²) in [7, 11) is 0. The van der Waals surface area contributed by atoms with Gasteiger partial charge in [0.15, 0.2) is 0 Å². The van der Waals surface area contributed by atoms with Gasteiger partial charge >= 0.3 is 0 Å². The Morgan fingerprint density at radius 3 is 2.53 bits per heavy atom. The molecule has 0 atom stereocenters. The highest BCUT2D eigenvalue weighted by Crippen LogP contribution is 2.24. The molecule has 19 heavy (non-hydrogen) atoms. The quantitative estimate of drug-likeness (QED) is 0.749. The smallest absolute Gasteiger partial charge is 0.258 e. The van der Waals surface area contributed by atoms with Crippen molar-refractivity contribution in [2.24, 2.45) is 0 Å². The van der Waals surface area contributed by atoms with Crippen molar-refractivity contribution < 1.29 is 13.6 Å². The number of carbonyl (C=O) groups excluding carboxylic acids is 1. The van der Waals surface area contributed by atoms with Crippen molar-refractivity contribution in [3.05, 3.63) is 62.2 Å². The first-order valence-electron chi connectivity index (χ1n) is 5.19. The predicted molar refractivity (Wildman–Crippen MR) is 78.5 cm³/mol. The summed E-state index contributed by atoms with van der Waals surface area (Å²) < 4.78 is 27.1. The largest absolute Gasteiger partial charge is 0.321 e. The van der Waals surface area contributed by atoms with Crippen LogP contribution in [0.3, 0.4) is 0 Å². The van der Waals surface area contributed by atoms with Gasteiger partial charge in [-0.15, -0.1) is 0 Å². The van der Waals surface area contributed by atoms with E-state index >= 15 is 0 Å². The van der Waals surface area contributed by atoms with E-state index in [2.05, 4.69) is 27.9 Å². The molecule has 0 spiro atoms. The Morgan fingerprint density at radius 2 is 1.89 bits per heavy atom. The molecule has 0 saturated carbocycles. The van der Waals surface area contributed by atoms with Crippen molar-refractivity contribution >= 4 is 45.8 Å². The second-order valence-electron chi connectivity index (χ2n) is 3.70. The highest BCUT2D eigenvalue weighted by Gasteiger charge is 2.13. The summed E-state index contributed by atoms with van der Waals surface area (Å²) >= 11 is 8.03. The standard InChI is InChI=1S/C13H7ClF2INO/c14-10-6-8(17)2-4-12(10)18-13(19)9-3-1-7(15)5-11(9)16/h1-6H,(H,18,19). The molecule has 0 unspecified atom stereocenters. The van der Waals surface area contributed by atoms with Crippen LogP contribution < -0.4 is 5.32 Å². The number of hydrogen-bond acceptors (Lipinski definition) is 1. The Kier molecular flexibility index (Phi) is 4.36. The molecule has 6 heteroatoms. The first kappa shape index (κ1) is 14.2. The second kappa shape index (κ2) is 5.83. The van der Waals surface area contributed by atoms with Crippen molar-refractivity contribution in [1.82, 2.24) is 0 Å². The predicted octanol–water partition coefficient (Wildman–Crippen LogP) is 4.48. The summed E-state index contributed by atoms with van der Waals surface area (Å²) in [6.45, 7) is 0. The highest BCUT2D eigenvalue weighted by molar-refractivity contribution is 14.1. The number of halogens is 4. The molecule has 98 valence electrons. The topological polar surface area (TPSA) is 29.1 Å². The van der Waals surface area contributed by atoms with Gasteiger partial charge in [0.1, 0.15) is 11.6 Å². The van der Waals surface area contributed by atoms with Crippen LogP contribution in [0.2, 0.25) is 5.02 Å². The minimum absolute atomic E-state index is 0.240. The Morgan fingerprint density at radius 1 is 1.16 bits per heavy atom. The molecule has 0 saturated heterocycles. The van der Waals surface area contributed by atoms with Crippen LogP contribution in [0.15, 0.2) is 36.4 Å². The van der Waals surface area contributed by atoms with Crippen LogP contribution in [0.4, 0.5) is 14.5 Å². The zero-order valence-corrected chi connectivity index (χ0v) is 12.3. The molecule has 0 radical (unpaired) electrons. The van der Waals surface area contributed by atoms with E-state index in [0.29, 0.717) is 16.8 Å². The maximum absolute atomic E-state index is 13.4. The lowest BCUT2D eigenvalue weighted by atomic mass is 10.2. The first-order valence-corrected chi connectivity index (χ1v) is 6.64. The lowest BCUT2D eigenvalue weighted by molar-refractivity contribution is 0.102. The van der Waals surface area contributed by atoms with Gasteiger partial charge in [-0.2, -0.15) is 0 Å². The number of nitrogens with one attached hydrogen (secondary N) is 1. The van der Waals surface area contributed by atoms with Crippen LogP contribution in [-0.4, -0.2) is 5.91 Å². The number of amides is 1. The molecule has 1 N–H and O–H groups in total. The fourth-order valence-electron chi connectivity index (χ4n) is 1.45. The molecule has 0 aliphatic rings.